The number of hydrogen-bond acceptors (Lipinski definition) is 17. The van der Waals surface area contributed by atoms with Crippen molar-refractivity contribution < 1.29 is 40.7 Å². The Morgan fingerprint density at radius 3 is 1.55 bits per heavy atom. The first-order valence-corrected chi connectivity index (χ1v) is 32.5. The Morgan fingerprint density at radius 2 is 1.07 bits per heavy atom. The maximum absolute atomic E-state index is 12.3. The smallest absolute Gasteiger partial charge is 0.407 e. The lowest BCUT2D eigenvalue weighted by molar-refractivity contribution is -0.120. The molecule has 2 aliphatic heterocycles. The Kier molecular flexibility index (Phi) is 24.9. The van der Waals surface area contributed by atoms with Gasteiger partial charge < -0.3 is 45.2 Å². The van der Waals surface area contributed by atoms with E-state index in [9.17, 15) is 14.4 Å². The molecule has 8 aromatic rings. The number of benzene rings is 4. The Balaban J connectivity index is 0.000000188. The number of nitrogens with zero attached hydrogens (tertiary/aromatic N) is 7. The third-order valence-electron chi connectivity index (χ3n) is 15.5. The Hall–Kier alpha value is -7.93. The number of halogens is 2. The van der Waals surface area contributed by atoms with Gasteiger partial charge in [-0.2, -0.15) is 16.8 Å². The zero-order valence-corrected chi connectivity index (χ0v) is 55.0. The predicted molar refractivity (Wildman–Crippen MR) is 357 cm³/mol. The molecule has 0 unspecified atom stereocenters. The minimum absolute atomic E-state index is 0.0749. The highest BCUT2D eigenvalue weighted by Crippen LogP contribution is 2.38. The van der Waals surface area contributed by atoms with Gasteiger partial charge in [-0.05, 0) is 136 Å². The minimum Gasteiger partial charge on any atom is -0.444 e. The fourth-order valence-corrected chi connectivity index (χ4v) is 12.1. The molecule has 12 rings (SSSR count). The van der Waals surface area contributed by atoms with Crippen molar-refractivity contribution in [1.29, 1.82) is 0 Å². The van der Waals surface area contributed by atoms with Crippen LogP contribution in [0.1, 0.15) is 106 Å². The van der Waals surface area contributed by atoms with E-state index in [0.29, 0.717) is 52.3 Å². The zero-order valence-electron chi connectivity index (χ0n) is 51.9. The summed E-state index contributed by atoms with van der Waals surface area (Å²) in [5, 5.41) is 19.2. The third kappa shape index (κ3) is 20.0. The molecule has 5 atom stereocenters. The van der Waals surface area contributed by atoms with Crippen molar-refractivity contribution in [3.05, 3.63) is 144 Å². The molecule has 2 saturated heterocycles. The van der Waals surface area contributed by atoms with Gasteiger partial charge in [0.05, 0.1) is 44.9 Å². The van der Waals surface area contributed by atoms with Crippen molar-refractivity contribution in [3.63, 3.8) is 0 Å². The number of nitrogens with one attached hydrogen (secondary N) is 5. The van der Waals surface area contributed by atoms with E-state index >= 15 is 0 Å². The second-order valence-corrected chi connectivity index (χ2v) is 25.6. The minimum atomic E-state index is -0.750. The number of para-hydroxylation sites is 4. The van der Waals surface area contributed by atoms with Crippen molar-refractivity contribution in [2.75, 3.05) is 36.8 Å². The van der Waals surface area contributed by atoms with Crippen LogP contribution in [0.3, 0.4) is 0 Å². The van der Waals surface area contributed by atoms with Crippen LogP contribution in [0.25, 0.3) is 55.7 Å². The van der Waals surface area contributed by atoms with Crippen LogP contribution in [-0.4, -0.2) is 136 Å². The molecule has 5 N–H and O–H groups in total. The molecule has 2 saturated carbocycles. The predicted octanol–water partition coefficient (Wildman–Crippen LogP) is 12.3. The van der Waals surface area contributed by atoms with Crippen LogP contribution in [-0.2, 0) is 37.4 Å². The lowest BCUT2D eigenvalue weighted by atomic mass is 9.90. The van der Waals surface area contributed by atoms with Crippen molar-refractivity contribution >= 4 is 98.0 Å². The first-order valence-electron chi connectivity index (χ1n) is 30.4. The molecule has 482 valence electrons. The molecule has 0 spiro atoms. The summed E-state index contributed by atoms with van der Waals surface area (Å²) < 4.78 is 48.1. The van der Waals surface area contributed by atoms with E-state index in [2.05, 4.69) is 118 Å². The molecule has 2 aliphatic carbocycles. The van der Waals surface area contributed by atoms with E-state index in [-0.39, 0.29) is 36.4 Å². The lowest BCUT2D eigenvalue weighted by Crippen LogP contribution is -2.44. The van der Waals surface area contributed by atoms with Crippen LogP contribution >= 0.6 is 23.2 Å². The molecule has 4 aromatic carbocycles. The first kappa shape index (κ1) is 69.0. The number of anilines is 2. The molecule has 25 heteroatoms. The van der Waals surface area contributed by atoms with E-state index < -0.39 is 34.3 Å². The van der Waals surface area contributed by atoms with Crippen LogP contribution in [0.15, 0.2) is 134 Å². The monoisotopic (exact) mass is 1320 g/mol. The van der Waals surface area contributed by atoms with Crippen LogP contribution in [0.2, 0.25) is 10.0 Å². The lowest BCUT2D eigenvalue weighted by Gasteiger charge is -2.35. The molecule has 2 amide bonds. The first-order chi connectivity index (χ1) is 43.7. The summed E-state index contributed by atoms with van der Waals surface area (Å²) in [6.07, 6.45) is 16.2. The van der Waals surface area contributed by atoms with Gasteiger partial charge in [0.2, 0.25) is 11.9 Å². The number of aromatic nitrogens is 6. The molecule has 0 bridgehead atoms. The number of amides is 2. The Bertz CT molecular complexity index is 3800. The van der Waals surface area contributed by atoms with Crippen LogP contribution in [0.5, 0.6) is 0 Å². The van der Waals surface area contributed by atoms with Gasteiger partial charge in [0.15, 0.2) is 0 Å². The maximum atomic E-state index is 12.3. The van der Waals surface area contributed by atoms with Gasteiger partial charge in [-0.3, -0.25) is 9.69 Å². The number of rotatable bonds is 11. The highest BCUT2D eigenvalue weighted by molar-refractivity contribution is 7.52. The van der Waals surface area contributed by atoms with Gasteiger partial charge in [0.25, 0.3) is 0 Å². The maximum Gasteiger partial charge on any atom is 0.407 e. The average molecular weight is 1320 g/mol. The topological polar surface area (TPSA) is 263 Å². The Morgan fingerprint density at radius 1 is 0.593 bits per heavy atom. The second kappa shape index (κ2) is 32.9. The van der Waals surface area contributed by atoms with Crippen molar-refractivity contribution in [2.45, 2.75) is 147 Å². The number of carbonyl (C=O) groups is 3. The quantitative estimate of drug-likeness (QED) is 0.0806. The van der Waals surface area contributed by atoms with Crippen molar-refractivity contribution in [3.8, 4) is 33.9 Å². The van der Waals surface area contributed by atoms with E-state index in [4.69, 9.17) is 59.5 Å². The molecule has 91 heavy (non-hydrogen) atoms. The van der Waals surface area contributed by atoms with Gasteiger partial charge in [0, 0.05) is 108 Å². The van der Waals surface area contributed by atoms with Gasteiger partial charge in [-0.1, -0.05) is 96.0 Å². The molecular weight excluding hydrogens is 1240 g/mol. The van der Waals surface area contributed by atoms with E-state index in [1.165, 1.54) is 0 Å². The summed E-state index contributed by atoms with van der Waals surface area (Å²) in [5.41, 5.74) is 6.78. The standard InChI is InChI=1S/C33H39ClN6O2.C24H21ClN4O.C9H18N2O2.2O2S/c1-33(2,3)42-32(41)37-23-16-17-39(20-23)25-13-9-10-22(18-25)36-31-35-19-28(34)30(38-31)27-21-40(24-11-5-4-6-12-24)29-15-8-7-14-26(27)29;25-21-14-26-24(27-16-7-6-10-18(30)13-16)28-23(21)20-15-29(17-8-2-1-3-9-17)22-12-5-4-11-19(20)22;1-9(2,3)13-8(12)11-7-4-5-10-6-7;2*1-3-2/h4-8,11-12,14-15,19,21-23,25H,9-10,13,16-18,20H2,1-3H3,(H,37,41)(H,35,36,38);1-5,8-9,11-12,14-16H,6-7,10,13H2,(H,26,27,28);7,10H,4-6H2,1-3H3,(H,11,12);;/t22-,23+,25+;16-;7-;;/m110../s1. The number of alkyl carbamates (subject to hydrolysis) is 2. The van der Waals surface area contributed by atoms with Crippen LogP contribution < -0.4 is 26.6 Å². The summed E-state index contributed by atoms with van der Waals surface area (Å²) >= 11 is 11.8. The number of likely N-dealkylation sites (tertiary alicyclic amines) is 1. The number of carbonyl (C=O) groups excluding carboxylic acids is 3. The van der Waals surface area contributed by atoms with Gasteiger partial charge in [0.1, 0.15) is 17.0 Å². The molecule has 4 aromatic heterocycles. The number of hydrogen-bond donors (Lipinski definition) is 5. The zero-order chi connectivity index (χ0) is 65.1. The summed E-state index contributed by atoms with van der Waals surface area (Å²) in [6, 6.07) is 38.2. The Labute approximate surface area is 547 Å². The average Bonchev–Trinajstić information content (AvgIpc) is 1.80. The van der Waals surface area contributed by atoms with Crippen molar-refractivity contribution in [1.82, 2.24) is 49.9 Å². The van der Waals surface area contributed by atoms with Gasteiger partial charge >= 0.3 is 35.3 Å². The summed E-state index contributed by atoms with van der Waals surface area (Å²) in [7, 11) is 0. The number of ketones is 1. The number of fused-ring (bicyclic) bond motifs is 2. The van der Waals surface area contributed by atoms with Crippen LogP contribution in [0, 0.1) is 0 Å². The fraction of sp³-hybridized carbons (Fsp3) is 0.409. The summed E-state index contributed by atoms with van der Waals surface area (Å²) in [5.74, 6) is 1.40. The van der Waals surface area contributed by atoms with Gasteiger partial charge in [-0.25, -0.2) is 29.5 Å². The van der Waals surface area contributed by atoms with Crippen LogP contribution in [0.4, 0.5) is 21.5 Å². The highest BCUT2D eigenvalue weighted by atomic mass is 35.5. The fourth-order valence-electron chi connectivity index (χ4n) is 11.7. The largest absolute Gasteiger partial charge is 0.444 e. The third-order valence-corrected chi connectivity index (χ3v) is 16.1. The number of ether oxygens (including phenoxy) is 2. The molecule has 0 radical (unpaired) electrons. The highest BCUT2D eigenvalue weighted by Gasteiger charge is 2.34. The van der Waals surface area contributed by atoms with E-state index in [0.717, 1.165) is 128 Å². The molecule has 6 heterocycles. The van der Waals surface area contributed by atoms with E-state index in [1.54, 1.807) is 12.4 Å². The molecule has 4 aliphatic rings. The number of Topliss-reactive ketones (excluding diaryl/α,β-unsaturated/α-hetero) is 1. The van der Waals surface area contributed by atoms with E-state index in [1.807, 2.05) is 96.1 Å². The summed E-state index contributed by atoms with van der Waals surface area (Å²) in [4.78, 5) is 56.4. The second-order valence-electron chi connectivity index (χ2n) is 24.5. The van der Waals surface area contributed by atoms with Crippen molar-refractivity contribution in [2.24, 2.45) is 0 Å². The normalized spacial score (nSPS) is 18.9. The SMILES string of the molecule is CC(C)(C)OC(=O)N[C@H]1CCN([C@H]2CCC[C@@H](Nc3ncc(Cl)c(-c4cn(-c5ccccc5)c5ccccc45)n3)C2)C1.CC(C)(C)OC(=O)N[C@H]1CCNC1.O=C1CCC[C@@H](Nc2ncc(Cl)c(-c3cn(-c4ccccc4)c4ccccc34)n2)C1.O=S=O.O=S=O. The molecular formula is C66H78Cl2N12O9S2. The molecule has 21 nitrogen and oxygen atoms in total. The summed E-state index contributed by atoms with van der Waals surface area (Å²) in [6.45, 7) is 14.9. The molecule has 4 fully saturated rings. The van der Waals surface area contributed by atoms with Gasteiger partial charge in [-0.15, -0.1) is 0 Å².